The molecule has 2 aromatic rings. The third-order valence-electron chi connectivity index (χ3n) is 2.65. The lowest BCUT2D eigenvalue weighted by Gasteiger charge is -2.07. The second kappa shape index (κ2) is 7.62. The van der Waals surface area contributed by atoms with Crippen LogP contribution < -0.4 is 5.32 Å². The molecule has 1 N–H and O–H groups in total. The van der Waals surface area contributed by atoms with E-state index in [1.54, 1.807) is 11.8 Å². The van der Waals surface area contributed by atoms with Crippen LogP contribution in [0.1, 0.15) is 25.2 Å². The summed E-state index contributed by atoms with van der Waals surface area (Å²) in [6.07, 6.45) is 3.78. The number of aromatic nitrogens is 2. The van der Waals surface area contributed by atoms with Crippen LogP contribution in [-0.4, -0.2) is 16.0 Å². The molecule has 0 bridgehead atoms. The van der Waals surface area contributed by atoms with Gasteiger partial charge in [0.2, 0.25) is 0 Å². The van der Waals surface area contributed by atoms with Crippen molar-refractivity contribution in [3.8, 4) is 0 Å². The van der Waals surface area contributed by atoms with E-state index in [2.05, 4.69) is 29.1 Å². The first-order valence-electron chi connectivity index (χ1n) is 6.55. The van der Waals surface area contributed by atoms with Crippen LogP contribution in [0.5, 0.6) is 0 Å². The number of halogens is 1. The van der Waals surface area contributed by atoms with Crippen LogP contribution in [0.4, 0.5) is 0 Å². The summed E-state index contributed by atoms with van der Waals surface area (Å²) in [5.41, 5.74) is 1.11. The lowest BCUT2D eigenvalue weighted by atomic mass is 10.3. The number of rotatable bonds is 6. The average Bonchev–Trinajstić information content (AvgIpc) is 2.45. The van der Waals surface area contributed by atoms with Crippen LogP contribution in [0.2, 0.25) is 5.02 Å². The van der Waals surface area contributed by atoms with E-state index in [9.17, 15) is 0 Å². The van der Waals surface area contributed by atoms with Crippen molar-refractivity contribution in [2.45, 2.75) is 37.1 Å². The molecular formula is C15H18ClN3S. The van der Waals surface area contributed by atoms with Crippen LogP contribution in [0.3, 0.4) is 0 Å². The third-order valence-corrected chi connectivity index (χ3v) is 3.91. The maximum absolute atomic E-state index is 5.86. The smallest absolute Gasteiger partial charge is 0.138 e. The van der Waals surface area contributed by atoms with Gasteiger partial charge in [0.1, 0.15) is 5.82 Å². The van der Waals surface area contributed by atoms with Crippen LogP contribution in [0.15, 0.2) is 41.6 Å². The van der Waals surface area contributed by atoms with Gasteiger partial charge in [-0.25, -0.2) is 9.97 Å². The molecule has 0 saturated carbocycles. The molecule has 5 heteroatoms. The van der Waals surface area contributed by atoms with Crippen molar-refractivity contribution in [3.63, 3.8) is 0 Å². The predicted octanol–water partition coefficient (Wildman–Crippen LogP) is 3.92. The van der Waals surface area contributed by atoms with E-state index in [0.717, 1.165) is 28.7 Å². The number of thioether (sulfide) groups is 1. The number of nitrogens with zero attached hydrogens (tertiary/aromatic N) is 2. The van der Waals surface area contributed by atoms with Gasteiger partial charge in [-0.2, -0.15) is 0 Å². The summed E-state index contributed by atoms with van der Waals surface area (Å²) in [5.74, 6) is 1.61. The van der Waals surface area contributed by atoms with Crippen molar-refractivity contribution in [2.75, 3.05) is 0 Å². The van der Waals surface area contributed by atoms with Gasteiger partial charge in [-0.3, -0.25) is 0 Å². The summed E-state index contributed by atoms with van der Waals surface area (Å²) < 4.78 is 0. The van der Waals surface area contributed by atoms with E-state index in [-0.39, 0.29) is 0 Å². The quantitative estimate of drug-likeness (QED) is 0.821. The SMILES string of the molecule is CC(C)NCc1cnc(CSc2ccc(Cl)cc2)nc1. The largest absolute Gasteiger partial charge is 0.310 e. The number of hydrogen-bond acceptors (Lipinski definition) is 4. The van der Waals surface area contributed by atoms with E-state index in [0.29, 0.717) is 6.04 Å². The van der Waals surface area contributed by atoms with Crippen molar-refractivity contribution in [2.24, 2.45) is 0 Å². The Morgan fingerprint density at radius 2 is 1.80 bits per heavy atom. The zero-order valence-electron chi connectivity index (χ0n) is 11.6. The highest BCUT2D eigenvalue weighted by molar-refractivity contribution is 7.98. The minimum Gasteiger partial charge on any atom is -0.310 e. The monoisotopic (exact) mass is 307 g/mol. The fourth-order valence-electron chi connectivity index (χ4n) is 1.55. The maximum Gasteiger partial charge on any atom is 0.138 e. The van der Waals surface area contributed by atoms with Crippen LogP contribution in [0, 0.1) is 0 Å². The molecular weight excluding hydrogens is 290 g/mol. The topological polar surface area (TPSA) is 37.8 Å². The van der Waals surface area contributed by atoms with Gasteiger partial charge < -0.3 is 5.32 Å². The summed E-state index contributed by atoms with van der Waals surface area (Å²) in [5, 5.41) is 4.10. The Kier molecular flexibility index (Phi) is 5.83. The minimum absolute atomic E-state index is 0.468. The Morgan fingerprint density at radius 3 is 2.40 bits per heavy atom. The lowest BCUT2D eigenvalue weighted by Crippen LogP contribution is -2.22. The number of nitrogens with one attached hydrogen (secondary N) is 1. The molecule has 0 aliphatic rings. The van der Waals surface area contributed by atoms with E-state index in [1.165, 1.54) is 4.90 Å². The molecule has 1 aromatic carbocycles. The first-order chi connectivity index (χ1) is 9.63. The van der Waals surface area contributed by atoms with Crippen molar-refractivity contribution < 1.29 is 0 Å². The summed E-state index contributed by atoms with van der Waals surface area (Å²) in [6.45, 7) is 5.05. The second-order valence-corrected chi connectivity index (χ2v) is 6.27. The first kappa shape index (κ1) is 15.3. The van der Waals surface area contributed by atoms with Crippen LogP contribution in [-0.2, 0) is 12.3 Å². The Bertz CT molecular complexity index is 526. The fourth-order valence-corrected chi connectivity index (χ4v) is 2.45. The molecule has 20 heavy (non-hydrogen) atoms. The number of hydrogen-bond donors (Lipinski definition) is 1. The zero-order chi connectivity index (χ0) is 14.4. The lowest BCUT2D eigenvalue weighted by molar-refractivity contribution is 0.586. The third kappa shape index (κ3) is 5.12. The molecule has 0 aliphatic heterocycles. The Morgan fingerprint density at radius 1 is 1.15 bits per heavy atom. The van der Waals surface area contributed by atoms with Crippen LogP contribution >= 0.6 is 23.4 Å². The summed E-state index contributed by atoms with van der Waals surface area (Å²) in [4.78, 5) is 9.95. The zero-order valence-corrected chi connectivity index (χ0v) is 13.2. The molecule has 0 atom stereocenters. The number of benzene rings is 1. The van der Waals surface area contributed by atoms with Crippen molar-refractivity contribution in [1.29, 1.82) is 0 Å². The molecule has 0 aliphatic carbocycles. The molecule has 0 radical (unpaired) electrons. The standard InChI is InChI=1S/C15H18ClN3S/c1-11(2)17-7-12-8-18-15(19-9-12)10-20-14-5-3-13(16)4-6-14/h3-6,8-9,11,17H,7,10H2,1-2H3. The molecule has 0 saturated heterocycles. The highest BCUT2D eigenvalue weighted by atomic mass is 35.5. The van der Waals surface area contributed by atoms with Gasteiger partial charge in [-0.05, 0) is 24.3 Å². The van der Waals surface area contributed by atoms with E-state index < -0.39 is 0 Å². The Hall–Kier alpha value is -1.10. The van der Waals surface area contributed by atoms with Crippen molar-refractivity contribution >= 4 is 23.4 Å². The summed E-state index contributed by atoms with van der Waals surface area (Å²) >= 11 is 7.57. The second-order valence-electron chi connectivity index (χ2n) is 4.79. The summed E-state index contributed by atoms with van der Waals surface area (Å²) in [6, 6.07) is 8.27. The molecule has 1 aromatic heterocycles. The molecule has 2 rings (SSSR count). The van der Waals surface area contributed by atoms with Crippen molar-refractivity contribution in [1.82, 2.24) is 15.3 Å². The molecule has 0 fully saturated rings. The molecule has 0 amide bonds. The normalized spacial score (nSPS) is 11.0. The molecule has 1 heterocycles. The van der Waals surface area contributed by atoms with Gasteiger partial charge in [0.05, 0.1) is 5.75 Å². The highest BCUT2D eigenvalue weighted by Gasteiger charge is 2.01. The van der Waals surface area contributed by atoms with E-state index in [1.807, 2.05) is 36.7 Å². The Labute approximate surface area is 129 Å². The van der Waals surface area contributed by atoms with E-state index >= 15 is 0 Å². The molecule has 3 nitrogen and oxygen atoms in total. The van der Waals surface area contributed by atoms with E-state index in [4.69, 9.17) is 11.6 Å². The average molecular weight is 308 g/mol. The minimum atomic E-state index is 0.468. The van der Waals surface area contributed by atoms with Crippen LogP contribution in [0.25, 0.3) is 0 Å². The highest BCUT2D eigenvalue weighted by Crippen LogP contribution is 2.22. The van der Waals surface area contributed by atoms with Gasteiger partial charge in [-0.15, -0.1) is 11.8 Å². The Balaban J connectivity index is 1.85. The molecule has 0 spiro atoms. The fraction of sp³-hybridized carbons (Fsp3) is 0.333. The maximum atomic E-state index is 5.86. The van der Waals surface area contributed by atoms with Crippen molar-refractivity contribution in [3.05, 3.63) is 53.1 Å². The van der Waals surface area contributed by atoms with Gasteiger partial charge in [-0.1, -0.05) is 25.4 Å². The van der Waals surface area contributed by atoms with Gasteiger partial charge in [0.25, 0.3) is 0 Å². The molecule has 0 unspecified atom stereocenters. The predicted molar refractivity (Wildman–Crippen MR) is 85.0 cm³/mol. The molecule has 106 valence electrons. The van der Waals surface area contributed by atoms with Gasteiger partial charge in [0.15, 0.2) is 0 Å². The summed E-state index contributed by atoms with van der Waals surface area (Å²) in [7, 11) is 0. The first-order valence-corrected chi connectivity index (χ1v) is 7.91. The van der Waals surface area contributed by atoms with Gasteiger partial charge in [0, 0.05) is 40.5 Å². The van der Waals surface area contributed by atoms with Gasteiger partial charge >= 0.3 is 0 Å².